The predicted octanol–water partition coefficient (Wildman–Crippen LogP) is 2.63. The third kappa shape index (κ3) is 5.17. The van der Waals surface area contributed by atoms with Gasteiger partial charge in [-0.2, -0.15) is 5.10 Å². The van der Waals surface area contributed by atoms with Gasteiger partial charge >= 0.3 is 11.9 Å². The highest BCUT2D eigenvalue weighted by molar-refractivity contribution is 6.43. The van der Waals surface area contributed by atoms with Gasteiger partial charge < -0.3 is 9.47 Å². The number of rotatable bonds is 7. The highest BCUT2D eigenvalue weighted by atomic mass is 16.5. The van der Waals surface area contributed by atoms with E-state index in [9.17, 15) is 9.59 Å². The van der Waals surface area contributed by atoms with Gasteiger partial charge in [0.15, 0.2) is 5.71 Å². The average Bonchev–Trinajstić information content (AvgIpc) is 2.66. The molecule has 0 atom stereocenters. The maximum Gasteiger partial charge on any atom is 0.359 e. The number of hydrogen-bond donors (Lipinski definition) is 0. The van der Waals surface area contributed by atoms with Crippen molar-refractivity contribution in [2.45, 2.75) is 6.92 Å². The molecule has 2 rings (SSSR count). The van der Waals surface area contributed by atoms with Crippen LogP contribution >= 0.6 is 0 Å². The van der Waals surface area contributed by atoms with E-state index in [1.807, 2.05) is 24.3 Å². The van der Waals surface area contributed by atoms with Crippen molar-refractivity contribution in [3.8, 4) is 0 Å². The Morgan fingerprint density at radius 2 is 1.60 bits per heavy atom. The van der Waals surface area contributed by atoms with E-state index >= 15 is 0 Å². The van der Waals surface area contributed by atoms with Crippen LogP contribution in [0.15, 0.2) is 65.8 Å². The van der Waals surface area contributed by atoms with Gasteiger partial charge in [-0.05, 0) is 19.1 Å². The number of nitrogens with zero attached hydrogens (tertiary/aromatic N) is 2. The molecule has 0 aliphatic carbocycles. The maximum absolute atomic E-state index is 12.2. The fourth-order valence-corrected chi connectivity index (χ4v) is 2.14. The van der Waals surface area contributed by atoms with Gasteiger partial charge in [0.25, 0.3) is 0 Å². The molecule has 0 aromatic heterocycles. The van der Waals surface area contributed by atoms with Crippen LogP contribution in [0.1, 0.15) is 12.5 Å². The minimum Gasteiger partial charge on any atom is -0.465 e. The largest absolute Gasteiger partial charge is 0.465 e. The molecule has 0 radical (unpaired) electrons. The molecule has 130 valence electrons. The van der Waals surface area contributed by atoms with Crippen LogP contribution in [0.25, 0.3) is 0 Å². The molecular weight excluding hydrogens is 320 g/mol. The Bertz CT molecular complexity index is 730. The number of anilines is 1. The second-order valence-corrected chi connectivity index (χ2v) is 5.00. The van der Waals surface area contributed by atoms with Gasteiger partial charge in [0, 0.05) is 5.56 Å². The zero-order chi connectivity index (χ0) is 18.1. The van der Waals surface area contributed by atoms with Gasteiger partial charge in [0.1, 0.15) is 6.54 Å². The molecule has 0 saturated carbocycles. The summed E-state index contributed by atoms with van der Waals surface area (Å²) < 4.78 is 9.85. The molecule has 0 heterocycles. The molecule has 6 nitrogen and oxygen atoms in total. The lowest BCUT2D eigenvalue weighted by molar-refractivity contribution is -0.141. The van der Waals surface area contributed by atoms with Crippen LogP contribution in [0.5, 0.6) is 0 Å². The van der Waals surface area contributed by atoms with Crippen molar-refractivity contribution < 1.29 is 19.1 Å². The number of para-hydroxylation sites is 1. The summed E-state index contributed by atoms with van der Waals surface area (Å²) in [7, 11) is 1.29. The van der Waals surface area contributed by atoms with Gasteiger partial charge in [-0.15, -0.1) is 0 Å². The number of hydrogen-bond acceptors (Lipinski definition) is 6. The first-order valence-electron chi connectivity index (χ1n) is 7.86. The maximum atomic E-state index is 12.2. The Labute approximate surface area is 146 Å². The van der Waals surface area contributed by atoms with E-state index in [0.717, 1.165) is 0 Å². The molecule has 2 aromatic carbocycles. The summed E-state index contributed by atoms with van der Waals surface area (Å²) in [5.41, 5.74) is 1.36. The van der Waals surface area contributed by atoms with E-state index < -0.39 is 11.9 Å². The third-order valence-corrected chi connectivity index (χ3v) is 3.29. The number of methoxy groups -OCH3 is 1. The monoisotopic (exact) mass is 340 g/mol. The zero-order valence-electron chi connectivity index (χ0n) is 14.2. The van der Waals surface area contributed by atoms with E-state index in [4.69, 9.17) is 9.47 Å². The molecule has 6 heteroatoms. The van der Waals surface area contributed by atoms with Gasteiger partial charge in [-0.3, -0.25) is 9.80 Å². The lowest BCUT2D eigenvalue weighted by Crippen LogP contribution is -2.30. The average molecular weight is 340 g/mol. The normalized spacial score (nSPS) is 10.9. The third-order valence-electron chi connectivity index (χ3n) is 3.29. The molecule has 0 N–H and O–H groups in total. The van der Waals surface area contributed by atoms with Crippen LogP contribution < -0.4 is 5.01 Å². The van der Waals surface area contributed by atoms with Crippen molar-refractivity contribution in [3.63, 3.8) is 0 Å². The second-order valence-electron chi connectivity index (χ2n) is 5.00. The standard InChI is InChI=1S/C19H20N2O4/c1-3-25-17(22)14-21(16-12-8-5-9-13-16)20-18(19(23)24-2)15-10-6-4-7-11-15/h4-13H,3,14H2,1-2H3/b20-18-. The van der Waals surface area contributed by atoms with E-state index in [0.29, 0.717) is 11.3 Å². The Kier molecular flexibility index (Phi) is 6.71. The molecule has 25 heavy (non-hydrogen) atoms. The van der Waals surface area contributed by atoms with Crippen molar-refractivity contribution in [2.75, 3.05) is 25.3 Å². The summed E-state index contributed by atoms with van der Waals surface area (Å²) >= 11 is 0. The van der Waals surface area contributed by atoms with Crippen LogP contribution in [0, 0.1) is 0 Å². The Balaban J connectivity index is 2.44. The summed E-state index contributed by atoms with van der Waals surface area (Å²) in [4.78, 5) is 24.1. The summed E-state index contributed by atoms with van der Waals surface area (Å²) in [5, 5.41) is 5.81. The van der Waals surface area contributed by atoms with Gasteiger partial charge in [0.05, 0.1) is 19.4 Å². The molecule has 2 aromatic rings. The van der Waals surface area contributed by atoms with E-state index in [-0.39, 0.29) is 18.9 Å². The van der Waals surface area contributed by atoms with E-state index in [1.54, 1.807) is 43.3 Å². The van der Waals surface area contributed by atoms with E-state index in [1.165, 1.54) is 12.1 Å². The Morgan fingerprint density at radius 3 is 2.16 bits per heavy atom. The summed E-state index contributed by atoms with van der Waals surface area (Å²) in [6.07, 6.45) is 0. The number of benzene rings is 2. The quantitative estimate of drug-likeness (QED) is 0.440. The first kappa shape index (κ1) is 18.2. The van der Waals surface area contributed by atoms with Crippen molar-refractivity contribution >= 4 is 23.3 Å². The number of hydrazone groups is 1. The van der Waals surface area contributed by atoms with Crippen LogP contribution in [-0.2, 0) is 19.1 Å². The van der Waals surface area contributed by atoms with Crippen LogP contribution in [0.3, 0.4) is 0 Å². The van der Waals surface area contributed by atoms with Gasteiger partial charge in [-0.1, -0.05) is 48.5 Å². The lowest BCUT2D eigenvalue weighted by atomic mass is 10.1. The van der Waals surface area contributed by atoms with Crippen molar-refractivity contribution in [2.24, 2.45) is 5.10 Å². The smallest absolute Gasteiger partial charge is 0.359 e. The lowest BCUT2D eigenvalue weighted by Gasteiger charge is -2.19. The molecule has 0 fully saturated rings. The molecule has 0 saturated heterocycles. The Hall–Kier alpha value is -3.15. The Morgan fingerprint density at radius 1 is 1.00 bits per heavy atom. The van der Waals surface area contributed by atoms with Crippen LogP contribution in [-0.4, -0.2) is 37.9 Å². The summed E-state index contributed by atoms with van der Waals surface area (Å²) in [6.45, 7) is 1.89. The second kappa shape index (κ2) is 9.22. The SMILES string of the molecule is CCOC(=O)CN(/N=C(\C(=O)OC)c1ccccc1)c1ccccc1. The van der Waals surface area contributed by atoms with Crippen molar-refractivity contribution in [1.29, 1.82) is 0 Å². The van der Waals surface area contributed by atoms with Crippen molar-refractivity contribution in [1.82, 2.24) is 0 Å². The van der Waals surface area contributed by atoms with Crippen LogP contribution in [0.2, 0.25) is 0 Å². The number of carbonyl (C=O) groups excluding carboxylic acids is 2. The van der Waals surface area contributed by atoms with E-state index in [2.05, 4.69) is 5.10 Å². The predicted molar refractivity (Wildman–Crippen MR) is 95.4 cm³/mol. The summed E-state index contributed by atoms with van der Waals surface area (Å²) in [5.74, 6) is -1.02. The fraction of sp³-hybridized carbons (Fsp3) is 0.211. The fourth-order valence-electron chi connectivity index (χ4n) is 2.14. The molecule has 0 amide bonds. The molecule has 0 aliphatic heterocycles. The van der Waals surface area contributed by atoms with Crippen molar-refractivity contribution in [3.05, 3.63) is 66.2 Å². The molecule has 0 unspecified atom stereocenters. The molecule has 0 spiro atoms. The highest BCUT2D eigenvalue weighted by Crippen LogP contribution is 2.15. The minimum atomic E-state index is -0.587. The summed E-state index contributed by atoms with van der Waals surface area (Å²) in [6, 6.07) is 18.0. The highest BCUT2D eigenvalue weighted by Gasteiger charge is 2.19. The first-order valence-corrected chi connectivity index (χ1v) is 7.86. The molecule has 0 aliphatic rings. The number of esters is 2. The van der Waals surface area contributed by atoms with Gasteiger partial charge in [-0.25, -0.2) is 4.79 Å². The number of ether oxygens (including phenoxy) is 2. The molecule has 0 bridgehead atoms. The first-order chi connectivity index (χ1) is 12.2. The van der Waals surface area contributed by atoms with Crippen LogP contribution in [0.4, 0.5) is 5.69 Å². The topological polar surface area (TPSA) is 68.2 Å². The zero-order valence-corrected chi connectivity index (χ0v) is 14.2. The number of carbonyl (C=O) groups is 2. The minimum absolute atomic E-state index is 0.108. The molecular formula is C19H20N2O4. The van der Waals surface area contributed by atoms with Gasteiger partial charge in [0.2, 0.25) is 0 Å².